The number of aromatic hydroxyl groups is 1. The highest BCUT2D eigenvalue weighted by atomic mass is 16.5. The fourth-order valence-corrected chi connectivity index (χ4v) is 3.35. The highest BCUT2D eigenvalue weighted by molar-refractivity contribution is 6.08. The number of benzene rings is 1. The molecule has 2 heterocycles. The maximum Gasteiger partial charge on any atom is 0.224 e. The van der Waals surface area contributed by atoms with Gasteiger partial charge in [-0.25, -0.2) is 4.98 Å². The summed E-state index contributed by atoms with van der Waals surface area (Å²) >= 11 is 0. The number of amides is 1. The topological polar surface area (TPSA) is 67.6 Å². The lowest BCUT2D eigenvalue weighted by molar-refractivity contribution is -0.116. The van der Waals surface area contributed by atoms with E-state index < -0.39 is 5.54 Å². The molecule has 0 atom stereocenters. The lowest BCUT2D eigenvalue weighted by Gasteiger charge is -2.24. The number of carbonyl (C=O) groups excluding carboxylic acids is 1. The second-order valence-corrected chi connectivity index (χ2v) is 7.51. The Labute approximate surface area is 158 Å². The standard InChI is InChI=1S/C21H25N3O3/c1-7-10-23(13(2)25)18-16-12-14-11-15(27-6)8-9-17(14)22-19(16)24(20(18)26)21(3,4)5/h7-9,11-12,26H,1,10H2,2-6H3. The average Bonchev–Trinajstić information content (AvgIpc) is 2.87. The Bertz CT molecular complexity index is 1040. The summed E-state index contributed by atoms with van der Waals surface area (Å²) in [7, 11) is 1.61. The predicted molar refractivity (Wildman–Crippen MR) is 109 cm³/mol. The molecule has 0 spiro atoms. The summed E-state index contributed by atoms with van der Waals surface area (Å²) in [6.07, 6.45) is 1.64. The van der Waals surface area contributed by atoms with Gasteiger partial charge in [-0.3, -0.25) is 9.36 Å². The summed E-state index contributed by atoms with van der Waals surface area (Å²) in [4.78, 5) is 18.6. The van der Waals surface area contributed by atoms with Crippen molar-refractivity contribution >= 4 is 33.5 Å². The molecule has 0 bridgehead atoms. The molecule has 1 aromatic carbocycles. The Morgan fingerprint density at radius 3 is 2.63 bits per heavy atom. The molecular weight excluding hydrogens is 342 g/mol. The molecule has 0 saturated heterocycles. The van der Waals surface area contributed by atoms with E-state index in [-0.39, 0.29) is 11.8 Å². The number of rotatable bonds is 4. The summed E-state index contributed by atoms with van der Waals surface area (Å²) in [6, 6.07) is 7.57. The molecule has 3 aromatic rings. The number of methoxy groups -OCH3 is 1. The Morgan fingerprint density at radius 2 is 2.07 bits per heavy atom. The minimum Gasteiger partial charge on any atom is -0.497 e. The van der Waals surface area contributed by atoms with E-state index in [2.05, 4.69) is 6.58 Å². The highest BCUT2D eigenvalue weighted by Crippen LogP contribution is 2.43. The molecule has 142 valence electrons. The molecule has 0 aliphatic carbocycles. The van der Waals surface area contributed by atoms with Gasteiger partial charge in [0.25, 0.3) is 0 Å². The molecule has 0 aliphatic heterocycles. The number of fused-ring (bicyclic) bond motifs is 2. The zero-order chi connectivity index (χ0) is 19.9. The number of ether oxygens (including phenoxy) is 1. The zero-order valence-electron chi connectivity index (χ0n) is 16.4. The smallest absolute Gasteiger partial charge is 0.224 e. The molecule has 0 aliphatic rings. The van der Waals surface area contributed by atoms with Gasteiger partial charge in [0.2, 0.25) is 11.8 Å². The molecule has 3 rings (SSSR count). The number of hydrogen-bond donors (Lipinski definition) is 1. The monoisotopic (exact) mass is 367 g/mol. The molecule has 1 amide bonds. The van der Waals surface area contributed by atoms with Gasteiger partial charge in [0, 0.05) is 29.8 Å². The summed E-state index contributed by atoms with van der Waals surface area (Å²) in [6.45, 7) is 11.5. The van der Waals surface area contributed by atoms with Crippen molar-refractivity contribution < 1.29 is 14.6 Å². The normalized spacial score (nSPS) is 11.7. The first-order valence-corrected chi connectivity index (χ1v) is 8.80. The molecule has 0 fully saturated rings. The first-order chi connectivity index (χ1) is 12.7. The van der Waals surface area contributed by atoms with E-state index in [0.717, 1.165) is 16.7 Å². The van der Waals surface area contributed by atoms with Gasteiger partial charge in [-0.15, -0.1) is 6.58 Å². The maximum absolute atomic E-state index is 12.3. The zero-order valence-corrected chi connectivity index (χ0v) is 16.4. The van der Waals surface area contributed by atoms with Gasteiger partial charge in [0.05, 0.1) is 12.6 Å². The average molecular weight is 367 g/mol. The Morgan fingerprint density at radius 1 is 1.37 bits per heavy atom. The van der Waals surface area contributed by atoms with Gasteiger partial charge in [0.1, 0.15) is 17.1 Å². The Balaban J connectivity index is 2.45. The Kier molecular flexibility index (Phi) is 4.59. The molecule has 6 nitrogen and oxygen atoms in total. The van der Waals surface area contributed by atoms with Crippen molar-refractivity contribution in [2.24, 2.45) is 0 Å². The minimum atomic E-state index is -0.426. The van der Waals surface area contributed by atoms with Crippen LogP contribution in [0.25, 0.3) is 21.9 Å². The lowest BCUT2D eigenvalue weighted by atomic mass is 10.1. The van der Waals surface area contributed by atoms with Crippen molar-refractivity contribution in [3.05, 3.63) is 36.9 Å². The van der Waals surface area contributed by atoms with E-state index in [1.807, 2.05) is 45.0 Å². The molecule has 0 radical (unpaired) electrons. The number of pyridine rings is 1. The molecule has 2 aromatic heterocycles. The molecule has 27 heavy (non-hydrogen) atoms. The lowest BCUT2D eigenvalue weighted by Crippen LogP contribution is -2.28. The third kappa shape index (κ3) is 3.12. The van der Waals surface area contributed by atoms with Crippen LogP contribution in [0.2, 0.25) is 0 Å². The summed E-state index contributed by atoms with van der Waals surface area (Å²) in [5, 5.41) is 12.7. The second-order valence-electron chi connectivity index (χ2n) is 7.51. The first-order valence-electron chi connectivity index (χ1n) is 8.80. The van der Waals surface area contributed by atoms with Crippen molar-refractivity contribution in [1.29, 1.82) is 0 Å². The summed E-state index contributed by atoms with van der Waals surface area (Å²) in [5.41, 5.74) is 1.44. The molecule has 0 unspecified atom stereocenters. The van der Waals surface area contributed by atoms with Crippen LogP contribution in [0, 0.1) is 0 Å². The van der Waals surface area contributed by atoms with Crippen molar-refractivity contribution in [1.82, 2.24) is 9.55 Å². The van der Waals surface area contributed by atoms with Crippen molar-refractivity contribution in [2.45, 2.75) is 33.2 Å². The van der Waals surface area contributed by atoms with Gasteiger partial charge in [-0.05, 0) is 45.0 Å². The van der Waals surface area contributed by atoms with Crippen LogP contribution in [0.15, 0.2) is 36.9 Å². The van der Waals surface area contributed by atoms with E-state index in [9.17, 15) is 9.90 Å². The van der Waals surface area contributed by atoms with Crippen LogP contribution in [-0.4, -0.2) is 34.2 Å². The highest BCUT2D eigenvalue weighted by Gasteiger charge is 2.29. The SMILES string of the molecule is C=CCN(C(C)=O)c1c(O)n(C(C)(C)C)c2nc3ccc(OC)cc3cc12. The fraction of sp³-hybridized carbons (Fsp3) is 0.333. The third-order valence-electron chi connectivity index (χ3n) is 4.52. The van der Waals surface area contributed by atoms with Crippen molar-refractivity contribution in [2.75, 3.05) is 18.6 Å². The molecule has 6 heteroatoms. The van der Waals surface area contributed by atoms with E-state index in [1.54, 1.807) is 17.8 Å². The first kappa shape index (κ1) is 18.8. The van der Waals surface area contributed by atoms with Crippen molar-refractivity contribution in [3.63, 3.8) is 0 Å². The van der Waals surface area contributed by atoms with Gasteiger partial charge < -0.3 is 14.7 Å². The third-order valence-corrected chi connectivity index (χ3v) is 4.52. The van der Waals surface area contributed by atoms with Gasteiger partial charge in [0.15, 0.2) is 0 Å². The van der Waals surface area contributed by atoms with Crippen LogP contribution in [0.1, 0.15) is 27.7 Å². The maximum atomic E-state index is 12.3. The van der Waals surface area contributed by atoms with E-state index in [4.69, 9.17) is 9.72 Å². The van der Waals surface area contributed by atoms with Crippen LogP contribution >= 0.6 is 0 Å². The van der Waals surface area contributed by atoms with Crippen LogP contribution in [-0.2, 0) is 10.3 Å². The Hall–Kier alpha value is -3.02. The number of aromatic nitrogens is 2. The number of carbonyl (C=O) groups is 1. The van der Waals surface area contributed by atoms with Crippen molar-refractivity contribution in [3.8, 4) is 11.6 Å². The van der Waals surface area contributed by atoms with Gasteiger partial charge in [-0.1, -0.05) is 6.08 Å². The number of hydrogen-bond acceptors (Lipinski definition) is 4. The number of anilines is 1. The second kappa shape index (κ2) is 6.61. The largest absolute Gasteiger partial charge is 0.497 e. The number of nitrogens with zero attached hydrogens (tertiary/aromatic N) is 3. The minimum absolute atomic E-state index is 0.0179. The van der Waals surface area contributed by atoms with Crippen LogP contribution < -0.4 is 9.64 Å². The summed E-state index contributed by atoms with van der Waals surface area (Å²) < 4.78 is 7.08. The van der Waals surface area contributed by atoms with Gasteiger partial charge >= 0.3 is 0 Å². The van der Waals surface area contributed by atoms with E-state index >= 15 is 0 Å². The molecular formula is C21H25N3O3. The summed E-state index contributed by atoms with van der Waals surface area (Å²) in [5.74, 6) is 0.562. The van der Waals surface area contributed by atoms with Crippen LogP contribution in [0.5, 0.6) is 11.6 Å². The fourth-order valence-electron chi connectivity index (χ4n) is 3.35. The quantitative estimate of drug-likeness (QED) is 0.702. The molecule has 0 saturated carbocycles. The molecule has 1 N–H and O–H groups in total. The van der Waals surface area contributed by atoms with E-state index in [0.29, 0.717) is 23.3 Å². The van der Waals surface area contributed by atoms with Crippen LogP contribution in [0.3, 0.4) is 0 Å². The van der Waals surface area contributed by atoms with Gasteiger partial charge in [-0.2, -0.15) is 0 Å². The predicted octanol–water partition coefficient (Wildman–Crippen LogP) is 4.20. The van der Waals surface area contributed by atoms with E-state index in [1.165, 1.54) is 11.8 Å². The van der Waals surface area contributed by atoms with Crippen LogP contribution in [0.4, 0.5) is 5.69 Å².